The van der Waals surface area contributed by atoms with E-state index < -0.39 is 13.6 Å². The molecule has 0 aromatic heterocycles. The second kappa shape index (κ2) is 8.28. The number of hydrogen-bond donors (Lipinski definition) is 2. The summed E-state index contributed by atoms with van der Waals surface area (Å²) in [4.78, 5) is 12.4. The first-order chi connectivity index (χ1) is 12.6. The summed E-state index contributed by atoms with van der Waals surface area (Å²) in [6, 6.07) is 5.43. The molecule has 1 aromatic rings. The highest BCUT2D eigenvalue weighted by Crippen LogP contribution is 2.42. The van der Waals surface area contributed by atoms with Crippen LogP contribution >= 0.6 is 11.6 Å². The van der Waals surface area contributed by atoms with Crippen molar-refractivity contribution in [1.29, 1.82) is 0 Å². The second-order valence-electron chi connectivity index (χ2n) is 8.57. The highest BCUT2D eigenvalue weighted by Gasteiger charge is 2.43. The van der Waals surface area contributed by atoms with Gasteiger partial charge in [-0.05, 0) is 41.2 Å². The van der Waals surface area contributed by atoms with Gasteiger partial charge < -0.3 is 10.6 Å². The zero-order valence-corrected chi connectivity index (χ0v) is 19.4. The predicted molar refractivity (Wildman–Crippen MR) is 119 cm³/mol. The number of hydrogen-bond acceptors (Lipinski definition) is 1. The Hall–Kier alpha value is -1.44. The lowest BCUT2D eigenvalue weighted by Gasteiger charge is -2.40. The summed E-state index contributed by atoms with van der Waals surface area (Å²) in [7, 11) is -1.91. The minimum atomic E-state index is -1.91. The van der Waals surface area contributed by atoms with E-state index in [1.54, 1.807) is 0 Å². The van der Waals surface area contributed by atoms with Crippen LogP contribution in [0.5, 0.6) is 0 Å². The van der Waals surface area contributed by atoms with Crippen molar-refractivity contribution in [3.8, 4) is 11.5 Å². The molecule has 2 rings (SSSR count). The average Bonchev–Trinajstić information content (AvgIpc) is 2.55. The van der Waals surface area contributed by atoms with Gasteiger partial charge in [-0.1, -0.05) is 72.4 Å². The molecule has 0 saturated heterocycles. The number of nitrogens with one attached hydrogen (secondary N) is 2. The van der Waals surface area contributed by atoms with Crippen LogP contribution in [0.4, 0.5) is 10.5 Å². The van der Waals surface area contributed by atoms with Gasteiger partial charge in [0, 0.05) is 16.3 Å². The number of carbonyl (C=O) groups excluding carboxylic acids is 1. The molecule has 2 amide bonds. The third-order valence-electron chi connectivity index (χ3n) is 6.00. The Kier molecular flexibility index (Phi) is 6.71. The average molecular weight is 405 g/mol. The van der Waals surface area contributed by atoms with Gasteiger partial charge in [-0.15, -0.1) is 5.54 Å². The van der Waals surface area contributed by atoms with Crippen LogP contribution in [-0.2, 0) is 5.54 Å². The number of urea groups is 1. The summed E-state index contributed by atoms with van der Waals surface area (Å²) in [5.41, 5.74) is 6.53. The quantitative estimate of drug-likeness (QED) is 0.416. The maximum atomic E-state index is 12.4. The highest BCUT2D eigenvalue weighted by molar-refractivity contribution is 6.90. The Bertz CT molecular complexity index is 742. The largest absolute Gasteiger partial charge is 0.320 e. The van der Waals surface area contributed by atoms with E-state index in [1.807, 2.05) is 18.2 Å². The van der Waals surface area contributed by atoms with Gasteiger partial charge in [-0.3, -0.25) is 0 Å². The third kappa shape index (κ3) is 4.05. The van der Waals surface area contributed by atoms with Gasteiger partial charge in [0.2, 0.25) is 0 Å². The standard InChI is InChI=1S/C22H33ClN2OSi/c1-8-11-22(12-13-27(15(2)3,16(4)5)17(6)7)19-14-18(23)9-10-20(19)24-21(26)25-22/h9-10,14-17H,8,11H2,1-7H3,(H2,24,25,26). The van der Waals surface area contributed by atoms with E-state index in [2.05, 4.69) is 70.6 Å². The van der Waals surface area contributed by atoms with Crippen molar-refractivity contribution in [2.45, 2.75) is 83.5 Å². The summed E-state index contributed by atoms with van der Waals surface area (Å²) < 4.78 is 0. The molecule has 0 aliphatic carbocycles. The van der Waals surface area contributed by atoms with Gasteiger partial charge in [-0.2, -0.15) is 0 Å². The number of anilines is 1. The van der Waals surface area contributed by atoms with E-state index in [4.69, 9.17) is 11.6 Å². The number of halogens is 1. The first kappa shape index (κ1) is 21.9. The first-order valence-corrected chi connectivity index (χ1v) is 12.6. The van der Waals surface area contributed by atoms with Crippen molar-refractivity contribution in [3.05, 3.63) is 28.8 Å². The lowest BCUT2D eigenvalue weighted by atomic mass is 9.84. The Labute approximate surface area is 170 Å². The van der Waals surface area contributed by atoms with Gasteiger partial charge >= 0.3 is 6.03 Å². The molecule has 1 unspecified atom stereocenters. The fourth-order valence-corrected chi connectivity index (χ4v) is 10.2. The fourth-order valence-electron chi connectivity index (χ4n) is 4.77. The molecule has 0 spiro atoms. The molecule has 1 aliphatic rings. The third-order valence-corrected chi connectivity index (χ3v) is 12.5. The van der Waals surface area contributed by atoms with Crippen LogP contribution in [0, 0.1) is 11.5 Å². The lowest BCUT2D eigenvalue weighted by Crippen LogP contribution is -2.52. The molecule has 27 heavy (non-hydrogen) atoms. The SMILES string of the molecule is CCCC1(C#C[Si](C(C)C)(C(C)C)C(C)C)NC(=O)Nc2ccc(Cl)cc21. The molecule has 0 bridgehead atoms. The maximum Gasteiger partial charge on any atom is 0.320 e. The molecule has 148 valence electrons. The van der Waals surface area contributed by atoms with Gasteiger partial charge in [0.25, 0.3) is 0 Å². The first-order valence-electron chi connectivity index (χ1n) is 10.0. The van der Waals surface area contributed by atoms with Crippen molar-refractivity contribution in [2.24, 2.45) is 0 Å². The van der Waals surface area contributed by atoms with Crippen molar-refractivity contribution in [1.82, 2.24) is 5.32 Å². The number of carbonyl (C=O) groups is 1. The van der Waals surface area contributed by atoms with Gasteiger partial charge in [0.05, 0.1) is 0 Å². The van der Waals surface area contributed by atoms with Crippen LogP contribution in [-0.4, -0.2) is 14.1 Å². The normalized spacial score (nSPS) is 19.4. The van der Waals surface area contributed by atoms with E-state index in [9.17, 15) is 4.79 Å². The summed E-state index contributed by atoms with van der Waals surface area (Å²) in [6.45, 7) is 16.0. The second-order valence-corrected chi connectivity index (χ2v) is 14.6. The number of fused-ring (bicyclic) bond motifs is 1. The van der Waals surface area contributed by atoms with E-state index in [0.29, 0.717) is 21.6 Å². The molecular weight excluding hydrogens is 372 g/mol. The molecule has 0 radical (unpaired) electrons. The molecule has 5 heteroatoms. The minimum absolute atomic E-state index is 0.196. The molecule has 1 atom stereocenters. The Morgan fingerprint density at radius 1 is 1.11 bits per heavy atom. The number of benzene rings is 1. The molecule has 1 aliphatic heterocycles. The molecule has 0 saturated carbocycles. The van der Waals surface area contributed by atoms with Gasteiger partial charge in [0.1, 0.15) is 13.6 Å². The zero-order valence-electron chi connectivity index (χ0n) is 17.7. The van der Waals surface area contributed by atoms with Crippen molar-refractivity contribution < 1.29 is 4.79 Å². The Balaban J connectivity index is 2.71. The summed E-state index contributed by atoms with van der Waals surface area (Å²) >= 11 is 6.30. The number of amides is 2. The summed E-state index contributed by atoms with van der Waals surface area (Å²) in [5, 5.41) is 6.71. The van der Waals surface area contributed by atoms with Crippen LogP contribution in [0.15, 0.2) is 18.2 Å². The van der Waals surface area contributed by atoms with Crippen molar-refractivity contribution in [3.63, 3.8) is 0 Å². The Morgan fingerprint density at radius 3 is 2.22 bits per heavy atom. The van der Waals surface area contributed by atoms with Crippen LogP contribution in [0.3, 0.4) is 0 Å². The molecule has 3 nitrogen and oxygen atoms in total. The monoisotopic (exact) mass is 404 g/mol. The fraction of sp³-hybridized carbons (Fsp3) is 0.591. The van der Waals surface area contributed by atoms with E-state index in [-0.39, 0.29) is 6.03 Å². The van der Waals surface area contributed by atoms with Crippen molar-refractivity contribution in [2.75, 3.05) is 5.32 Å². The van der Waals surface area contributed by atoms with Crippen LogP contribution in [0.1, 0.15) is 66.9 Å². The van der Waals surface area contributed by atoms with Crippen molar-refractivity contribution >= 4 is 31.4 Å². The van der Waals surface area contributed by atoms with E-state index >= 15 is 0 Å². The molecule has 1 heterocycles. The smallest absolute Gasteiger partial charge is 0.317 e. The summed E-state index contributed by atoms with van der Waals surface area (Å²) in [5.74, 6) is 3.62. The molecular formula is C22H33ClN2OSi. The van der Waals surface area contributed by atoms with Crippen LogP contribution in [0.25, 0.3) is 0 Å². The molecule has 0 fully saturated rings. The maximum absolute atomic E-state index is 12.4. The molecule has 1 aromatic carbocycles. The zero-order chi connectivity index (χ0) is 20.4. The van der Waals surface area contributed by atoms with Gasteiger partial charge in [-0.25, -0.2) is 4.79 Å². The highest BCUT2D eigenvalue weighted by atomic mass is 35.5. The van der Waals surface area contributed by atoms with E-state index in [0.717, 1.165) is 24.1 Å². The topological polar surface area (TPSA) is 41.1 Å². The van der Waals surface area contributed by atoms with Crippen LogP contribution in [0.2, 0.25) is 21.6 Å². The predicted octanol–water partition coefficient (Wildman–Crippen LogP) is 6.69. The Morgan fingerprint density at radius 2 is 1.70 bits per heavy atom. The number of rotatable bonds is 5. The van der Waals surface area contributed by atoms with Gasteiger partial charge in [0.15, 0.2) is 0 Å². The minimum Gasteiger partial charge on any atom is -0.317 e. The molecule has 2 N–H and O–H groups in total. The van der Waals surface area contributed by atoms with E-state index in [1.165, 1.54) is 0 Å². The van der Waals surface area contributed by atoms with Crippen LogP contribution < -0.4 is 10.6 Å². The summed E-state index contributed by atoms with van der Waals surface area (Å²) in [6.07, 6.45) is 1.68. The lowest BCUT2D eigenvalue weighted by molar-refractivity contribution is 0.240.